The largest absolute Gasteiger partial charge is 0.332 e. The fourth-order valence-electron chi connectivity index (χ4n) is 4.80. The monoisotopic (exact) mass is 372 g/mol. The summed E-state index contributed by atoms with van der Waals surface area (Å²) in [5, 5.41) is 2.97. The molecule has 3 rings (SSSR count). The molecule has 1 aliphatic carbocycles. The van der Waals surface area contributed by atoms with Crippen molar-refractivity contribution in [2.75, 3.05) is 38.5 Å². The zero-order valence-electron chi connectivity index (χ0n) is 17.0. The van der Waals surface area contributed by atoms with Crippen LogP contribution in [0.15, 0.2) is 18.2 Å². The van der Waals surface area contributed by atoms with E-state index in [0.717, 1.165) is 41.7 Å². The van der Waals surface area contributed by atoms with Crippen LogP contribution >= 0.6 is 0 Å². The Balaban J connectivity index is 1.48. The second kappa shape index (κ2) is 8.87. The number of likely N-dealkylation sites (tertiary alicyclic amines) is 1. The summed E-state index contributed by atoms with van der Waals surface area (Å²) in [7, 11) is 1.74. The summed E-state index contributed by atoms with van der Waals surface area (Å²) in [6.45, 7) is 6.79. The second-order valence-corrected chi connectivity index (χ2v) is 8.54. The molecular formula is C22H34N3O2+. The molecule has 0 radical (unpaired) electrons. The van der Waals surface area contributed by atoms with Crippen LogP contribution in [-0.2, 0) is 9.59 Å². The minimum atomic E-state index is -0.135. The van der Waals surface area contributed by atoms with Crippen LogP contribution in [0.1, 0.15) is 43.2 Å². The summed E-state index contributed by atoms with van der Waals surface area (Å²) < 4.78 is 0. The van der Waals surface area contributed by atoms with E-state index in [9.17, 15) is 9.59 Å². The molecule has 1 unspecified atom stereocenters. The SMILES string of the molecule is Cc1cccc(C)c1NC(=O)CN(C)C(=O)C[NH+]1CC[C@H]2CCCC[C@@H]2C1. The molecule has 5 nitrogen and oxygen atoms in total. The first kappa shape index (κ1) is 19.9. The predicted octanol–water partition coefficient (Wildman–Crippen LogP) is 1.80. The van der Waals surface area contributed by atoms with Gasteiger partial charge in [-0.15, -0.1) is 0 Å². The maximum Gasteiger partial charge on any atom is 0.277 e. The molecule has 2 amide bonds. The van der Waals surface area contributed by atoms with Crippen molar-refractivity contribution in [1.29, 1.82) is 0 Å². The van der Waals surface area contributed by atoms with Gasteiger partial charge in [-0.2, -0.15) is 0 Å². The number of para-hydroxylation sites is 1. The molecule has 0 aromatic heterocycles. The molecule has 1 aliphatic heterocycles. The summed E-state index contributed by atoms with van der Waals surface area (Å²) in [6, 6.07) is 5.94. The van der Waals surface area contributed by atoms with Crippen molar-refractivity contribution in [2.45, 2.75) is 46.0 Å². The zero-order chi connectivity index (χ0) is 19.4. The Labute approximate surface area is 163 Å². The number of likely N-dealkylation sites (N-methyl/N-ethyl adjacent to an activating group) is 1. The highest BCUT2D eigenvalue weighted by molar-refractivity contribution is 5.95. The average molecular weight is 373 g/mol. The average Bonchev–Trinajstić information content (AvgIpc) is 2.64. The quantitative estimate of drug-likeness (QED) is 0.828. The van der Waals surface area contributed by atoms with Crippen molar-refractivity contribution < 1.29 is 14.5 Å². The number of benzene rings is 1. The summed E-state index contributed by atoms with van der Waals surface area (Å²) in [4.78, 5) is 28.0. The number of carbonyl (C=O) groups excluding carboxylic acids is 2. The van der Waals surface area contributed by atoms with Gasteiger partial charge in [-0.25, -0.2) is 0 Å². The van der Waals surface area contributed by atoms with E-state index < -0.39 is 0 Å². The molecule has 148 valence electrons. The lowest BCUT2D eigenvalue weighted by atomic mass is 9.75. The van der Waals surface area contributed by atoms with Gasteiger partial charge in [0, 0.05) is 18.7 Å². The summed E-state index contributed by atoms with van der Waals surface area (Å²) in [5.41, 5.74) is 2.93. The molecule has 2 aliphatic rings. The number of nitrogens with zero attached hydrogens (tertiary/aromatic N) is 1. The van der Waals surface area contributed by atoms with E-state index in [4.69, 9.17) is 0 Å². The number of nitrogens with one attached hydrogen (secondary N) is 2. The van der Waals surface area contributed by atoms with Crippen molar-refractivity contribution in [3.63, 3.8) is 0 Å². The minimum Gasteiger partial charge on any atom is -0.332 e. The highest BCUT2D eigenvalue weighted by atomic mass is 16.2. The highest BCUT2D eigenvalue weighted by Gasteiger charge is 2.34. The van der Waals surface area contributed by atoms with E-state index >= 15 is 0 Å². The smallest absolute Gasteiger partial charge is 0.277 e. The molecule has 2 fully saturated rings. The number of piperidine rings is 1. The fraction of sp³-hybridized carbons (Fsp3) is 0.636. The Kier molecular flexibility index (Phi) is 6.53. The van der Waals surface area contributed by atoms with Crippen LogP contribution in [0.4, 0.5) is 5.69 Å². The number of quaternary nitrogens is 1. The van der Waals surface area contributed by atoms with Crippen molar-refractivity contribution in [3.8, 4) is 0 Å². The van der Waals surface area contributed by atoms with Gasteiger partial charge in [0.25, 0.3) is 5.91 Å². The van der Waals surface area contributed by atoms with Crippen molar-refractivity contribution in [2.24, 2.45) is 11.8 Å². The lowest BCUT2D eigenvalue weighted by molar-refractivity contribution is -0.903. The van der Waals surface area contributed by atoms with E-state index in [1.807, 2.05) is 32.0 Å². The van der Waals surface area contributed by atoms with Gasteiger partial charge in [-0.1, -0.05) is 31.0 Å². The Hall–Kier alpha value is -1.88. The first-order valence-electron chi connectivity index (χ1n) is 10.4. The summed E-state index contributed by atoms with van der Waals surface area (Å²) >= 11 is 0. The Morgan fingerprint density at radius 3 is 2.48 bits per heavy atom. The fourth-order valence-corrected chi connectivity index (χ4v) is 4.80. The number of amides is 2. The van der Waals surface area contributed by atoms with Crippen LogP contribution in [-0.4, -0.2) is 49.9 Å². The molecular weight excluding hydrogens is 338 g/mol. The number of carbonyl (C=O) groups is 2. The van der Waals surface area contributed by atoms with Gasteiger partial charge in [-0.3, -0.25) is 9.59 Å². The molecule has 1 aromatic rings. The lowest BCUT2D eigenvalue weighted by Crippen LogP contribution is -3.15. The molecule has 1 aromatic carbocycles. The first-order chi connectivity index (χ1) is 12.9. The normalized spacial score (nSPS) is 24.8. The predicted molar refractivity (Wildman–Crippen MR) is 108 cm³/mol. The number of fused-ring (bicyclic) bond motifs is 1. The van der Waals surface area contributed by atoms with Gasteiger partial charge in [0.05, 0.1) is 19.6 Å². The number of hydrogen-bond donors (Lipinski definition) is 2. The molecule has 1 heterocycles. The molecule has 2 N–H and O–H groups in total. The molecule has 3 atom stereocenters. The van der Waals surface area contributed by atoms with E-state index in [0.29, 0.717) is 6.54 Å². The van der Waals surface area contributed by atoms with Gasteiger partial charge in [0.2, 0.25) is 5.91 Å². The topological polar surface area (TPSA) is 53.9 Å². The number of hydrogen-bond acceptors (Lipinski definition) is 2. The summed E-state index contributed by atoms with van der Waals surface area (Å²) in [5.74, 6) is 1.62. The molecule has 0 spiro atoms. The van der Waals surface area contributed by atoms with E-state index in [-0.39, 0.29) is 18.4 Å². The van der Waals surface area contributed by atoms with E-state index in [2.05, 4.69) is 5.32 Å². The van der Waals surface area contributed by atoms with Crippen LogP contribution in [0.3, 0.4) is 0 Å². The number of rotatable bonds is 5. The number of anilines is 1. The minimum absolute atomic E-state index is 0.0657. The molecule has 27 heavy (non-hydrogen) atoms. The van der Waals surface area contributed by atoms with Crippen molar-refractivity contribution in [3.05, 3.63) is 29.3 Å². The van der Waals surface area contributed by atoms with Gasteiger partial charge in [0.15, 0.2) is 6.54 Å². The third-order valence-electron chi connectivity index (χ3n) is 6.44. The number of aryl methyl sites for hydroxylation is 2. The third-order valence-corrected chi connectivity index (χ3v) is 6.44. The Morgan fingerprint density at radius 2 is 1.78 bits per heavy atom. The van der Waals surface area contributed by atoms with Crippen LogP contribution in [0.25, 0.3) is 0 Å². The second-order valence-electron chi connectivity index (χ2n) is 8.54. The zero-order valence-corrected chi connectivity index (χ0v) is 17.0. The van der Waals surface area contributed by atoms with Crippen LogP contribution < -0.4 is 10.2 Å². The highest BCUT2D eigenvalue weighted by Crippen LogP contribution is 2.32. The van der Waals surface area contributed by atoms with Gasteiger partial charge >= 0.3 is 0 Å². The molecule has 5 heteroatoms. The first-order valence-corrected chi connectivity index (χ1v) is 10.4. The van der Waals surface area contributed by atoms with Crippen molar-refractivity contribution >= 4 is 17.5 Å². The Morgan fingerprint density at radius 1 is 1.11 bits per heavy atom. The molecule has 1 saturated heterocycles. The third kappa shape index (κ3) is 5.10. The van der Waals surface area contributed by atoms with E-state index in [1.54, 1.807) is 11.9 Å². The van der Waals surface area contributed by atoms with E-state index in [1.165, 1.54) is 37.0 Å². The van der Waals surface area contributed by atoms with Gasteiger partial charge in [-0.05, 0) is 50.2 Å². The Bertz CT molecular complexity index is 668. The van der Waals surface area contributed by atoms with Crippen molar-refractivity contribution in [1.82, 2.24) is 4.90 Å². The summed E-state index contributed by atoms with van der Waals surface area (Å²) in [6.07, 6.45) is 6.69. The van der Waals surface area contributed by atoms with Gasteiger partial charge < -0.3 is 15.1 Å². The van der Waals surface area contributed by atoms with Crippen LogP contribution in [0.2, 0.25) is 0 Å². The standard InChI is InChI=1S/C22H33N3O2/c1-16-7-6-8-17(2)22(16)23-20(26)14-24(3)21(27)15-25-12-11-18-9-4-5-10-19(18)13-25/h6-8,18-19H,4-5,9-15H2,1-3H3,(H,23,26)/p+1/t18-,19-/m1/s1. The maximum atomic E-state index is 12.6. The molecule has 0 bridgehead atoms. The molecule has 1 saturated carbocycles. The lowest BCUT2D eigenvalue weighted by Gasteiger charge is -2.38. The van der Waals surface area contributed by atoms with Gasteiger partial charge in [0.1, 0.15) is 0 Å². The maximum absolute atomic E-state index is 12.6. The van der Waals surface area contributed by atoms with Crippen LogP contribution in [0, 0.1) is 25.7 Å². The van der Waals surface area contributed by atoms with Crippen LogP contribution in [0.5, 0.6) is 0 Å².